The van der Waals surface area contributed by atoms with Gasteiger partial charge >= 0.3 is 0 Å². The predicted octanol–water partition coefficient (Wildman–Crippen LogP) is 1.97. The van der Waals surface area contributed by atoms with Gasteiger partial charge in [-0.05, 0) is 18.5 Å². The number of halogens is 1. The Morgan fingerprint density at radius 2 is 1.94 bits per heavy atom. The second-order valence-corrected chi connectivity index (χ2v) is 3.66. The van der Waals surface area contributed by atoms with Crippen molar-refractivity contribution in [3.63, 3.8) is 0 Å². The van der Waals surface area contributed by atoms with Gasteiger partial charge in [0, 0.05) is 12.8 Å². The first-order valence-electron chi connectivity index (χ1n) is 5.44. The summed E-state index contributed by atoms with van der Waals surface area (Å²) in [6.07, 6.45) is 2.36. The van der Waals surface area contributed by atoms with Crippen LogP contribution in [0.1, 0.15) is 23.7 Å². The first kappa shape index (κ1) is 13.7. The lowest BCUT2D eigenvalue weighted by Gasteiger charge is -1.94. The molecule has 92 valence electrons. The average Bonchev–Trinajstić information content (AvgIpc) is 2.75. The summed E-state index contributed by atoms with van der Waals surface area (Å²) in [6.45, 7) is 0.649. The molecule has 5 heteroatoms. The lowest BCUT2D eigenvalue weighted by molar-refractivity contribution is 0.371. The maximum atomic E-state index is 5.42. The highest BCUT2D eigenvalue weighted by molar-refractivity contribution is 5.85. The minimum atomic E-state index is 0. The second-order valence-electron chi connectivity index (χ2n) is 3.66. The summed E-state index contributed by atoms with van der Waals surface area (Å²) in [7, 11) is 0. The van der Waals surface area contributed by atoms with Gasteiger partial charge in [0.1, 0.15) is 0 Å². The van der Waals surface area contributed by atoms with Crippen molar-refractivity contribution in [3.8, 4) is 0 Å². The minimum Gasteiger partial charge on any atom is -0.339 e. The van der Waals surface area contributed by atoms with E-state index >= 15 is 0 Å². The van der Waals surface area contributed by atoms with E-state index in [-0.39, 0.29) is 12.4 Å². The van der Waals surface area contributed by atoms with E-state index in [0.29, 0.717) is 18.9 Å². The molecule has 2 aromatic rings. The Kier molecular flexibility index (Phi) is 5.66. The Balaban J connectivity index is 0.00000144. The van der Waals surface area contributed by atoms with Crippen molar-refractivity contribution in [2.75, 3.05) is 6.54 Å². The van der Waals surface area contributed by atoms with Gasteiger partial charge in [0.15, 0.2) is 5.82 Å². The third-order valence-corrected chi connectivity index (χ3v) is 2.31. The van der Waals surface area contributed by atoms with Crippen molar-refractivity contribution in [1.82, 2.24) is 10.1 Å². The molecule has 0 saturated heterocycles. The highest BCUT2D eigenvalue weighted by Crippen LogP contribution is 2.07. The van der Waals surface area contributed by atoms with Gasteiger partial charge < -0.3 is 10.3 Å². The number of hydrogen-bond donors (Lipinski definition) is 1. The fraction of sp³-hybridized carbons (Fsp3) is 0.333. The van der Waals surface area contributed by atoms with Crippen molar-refractivity contribution < 1.29 is 4.52 Å². The monoisotopic (exact) mass is 253 g/mol. The Bertz CT molecular complexity index is 430. The van der Waals surface area contributed by atoms with Crippen LogP contribution in [-0.4, -0.2) is 16.7 Å². The van der Waals surface area contributed by atoms with Crippen LogP contribution in [0.4, 0.5) is 0 Å². The summed E-state index contributed by atoms with van der Waals surface area (Å²) < 4.78 is 5.12. The highest BCUT2D eigenvalue weighted by atomic mass is 35.5. The van der Waals surface area contributed by atoms with Crippen LogP contribution < -0.4 is 5.73 Å². The molecule has 0 aliphatic rings. The van der Waals surface area contributed by atoms with Crippen molar-refractivity contribution in [2.24, 2.45) is 5.73 Å². The standard InChI is InChI=1S/C12H15N3O.ClH/c13-8-4-7-12-14-11(15-16-12)9-10-5-2-1-3-6-10;/h1-3,5-6H,4,7-9,13H2;1H. The Hall–Kier alpha value is -1.39. The molecule has 17 heavy (non-hydrogen) atoms. The summed E-state index contributed by atoms with van der Waals surface area (Å²) in [5.74, 6) is 1.41. The molecule has 1 aromatic heterocycles. The van der Waals surface area contributed by atoms with E-state index in [0.717, 1.165) is 18.7 Å². The predicted molar refractivity (Wildman–Crippen MR) is 68.2 cm³/mol. The zero-order chi connectivity index (χ0) is 11.2. The second kappa shape index (κ2) is 7.04. The molecule has 0 unspecified atom stereocenters. The van der Waals surface area contributed by atoms with Gasteiger partial charge in [0.25, 0.3) is 0 Å². The molecule has 0 aliphatic carbocycles. The summed E-state index contributed by atoms with van der Waals surface area (Å²) in [4.78, 5) is 4.31. The molecule has 0 fully saturated rings. The van der Waals surface area contributed by atoms with E-state index in [2.05, 4.69) is 22.3 Å². The summed E-state index contributed by atoms with van der Waals surface area (Å²) >= 11 is 0. The van der Waals surface area contributed by atoms with Crippen LogP contribution in [0.2, 0.25) is 0 Å². The maximum absolute atomic E-state index is 5.42. The number of aryl methyl sites for hydroxylation is 1. The molecular formula is C12H16ClN3O. The number of nitrogens with two attached hydrogens (primary N) is 1. The lowest BCUT2D eigenvalue weighted by Crippen LogP contribution is -2.00. The molecule has 0 amide bonds. The van der Waals surface area contributed by atoms with Crippen LogP contribution in [0.3, 0.4) is 0 Å². The van der Waals surface area contributed by atoms with Crippen LogP contribution in [0.25, 0.3) is 0 Å². The van der Waals surface area contributed by atoms with Crippen LogP contribution in [0.5, 0.6) is 0 Å². The Morgan fingerprint density at radius 3 is 2.65 bits per heavy atom. The van der Waals surface area contributed by atoms with Crippen LogP contribution in [0.15, 0.2) is 34.9 Å². The van der Waals surface area contributed by atoms with Crippen LogP contribution in [0, 0.1) is 0 Å². The van der Waals surface area contributed by atoms with E-state index in [4.69, 9.17) is 10.3 Å². The fourth-order valence-corrected chi connectivity index (χ4v) is 1.50. The van der Waals surface area contributed by atoms with Gasteiger partial charge in [-0.25, -0.2) is 0 Å². The first-order chi connectivity index (χ1) is 7.88. The molecule has 1 aromatic carbocycles. The molecule has 2 rings (SSSR count). The van der Waals surface area contributed by atoms with E-state index in [1.807, 2.05) is 18.2 Å². The zero-order valence-electron chi connectivity index (χ0n) is 9.50. The van der Waals surface area contributed by atoms with E-state index in [1.54, 1.807) is 0 Å². The van der Waals surface area contributed by atoms with Crippen molar-refractivity contribution in [2.45, 2.75) is 19.3 Å². The van der Waals surface area contributed by atoms with Crippen molar-refractivity contribution in [1.29, 1.82) is 0 Å². The maximum Gasteiger partial charge on any atom is 0.226 e. The number of rotatable bonds is 5. The lowest BCUT2D eigenvalue weighted by atomic mass is 10.1. The van der Waals surface area contributed by atoms with E-state index in [9.17, 15) is 0 Å². The number of benzene rings is 1. The van der Waals surface area contributed by atoms with Crippen molar-refractivity contribution >= 4 is 12.4 Å². The van der Waals surface area contributed by atoms with E-state index < -0.39 is 0 Å². The summed E-state index contributed by atoms with van der Waals surface area (Å²) in [6, 6.07) is 10.1. The molecule has 0 bridgehead atoms. The fourth-order valence-electron chi connectivity index (χ4n) is 1.50. The molecule has 0 aliphatic heterocycles. The molecule has 2 N–H and O–H groups in total. The first-order valence-corrected chi connectivity index (χ1v) is 5.44. The highest BCUT2D eigenvalue weighted by Gasteiger charge is 2.06. The van der Waals surface area contributed by atoms with Gasteiger partial charge in [0.2, 0.25) is 5.89 Å². The number of nitrogens with zero attached hydrogens (tertiary/aromatic N) is 2. The largest absolute Gasteiger partial charge is 0.339 e. The Morgan fingerprint density at radius 1 is 1.18 bits per heavy atom. The normalized spacial score (nSPS) is 9.94. The molecular weight excluding hydrogens is 238 g/mol. The molecule has 0 spiro atoms. The zero-order valence-corrected chi connectivity index (χ0v) is 10.3. The van der Waals surface area contributed by atoms with Gasteiger partial charge in [-0.1, -0.05) is 35.5 Å². The Labute approximate surface area is 107 Å². The number of hydrogen-bond acceptors (Lipinski definition) is 4. The molecule has 0 radical (unpaired) electrons. The van der Waals surface area contributed by atoms with E-state index in [1.165, 1.54) is 5.56 Å². The third-order valence-electron chi connectivity index (χ3n) is 2.31. The molecule has 4 nitrogen and oxygen atoms in total. The van der Waals surface area contributed by atoms with Gasteiger partial charge in [-0.3, -0.25) is 0 Å². The third kappa shape index (κ3) is 4.17. The van der Waals surface area contributed by atoms with Gasteiger partial charge in [-0.15, -0.1) is 12.4 Å². The molecule has 1 heterocycles. The van der Waals surface area contributed by atoms with Gasteiger partial charge in [-0.2, -0.15) is 4.98 Å². The number of aromatic nitrogens is 2. The van der Waals surface area contributed by atoms with Gasteiger partial charge in [0.05, 0.1) is 0 Å². The smallest absolute Gasteiger partial charge is 0.226 e. The van der Waals surface area contributed by atoms with Crippen LogP contribution in [-0.2, 0) is 12.8 Å². The van der Waals surface area contributed by atoms with Crippen LogP contribution >= 0.6 is 12.4 Å². The SMILES string of the molecule is Cl.NCCCc1nc(Cc2ccccc2)no1. The summed E-state index contributed by atoms with van der Waals surface area (Å²) in [5, 5.41) is 3.94. The quantitative estimate of drug-likeness (QED) is 0.885. The molecule has 0 saturated carbocycles. The van der Waals surface area contributed by atoms with Crippen molar-refractivity contribution in [3.05, 3.63) is 47.6 Å². The molecule has 0 atom stereocenters. The summed E-state index contributed by atoms with van der Waals surface area (Å²) in [5.41, 5.74) is 6.61. The topological polar surface area (TPSA) is 64.9 Å². The average molecular weight is 254 g/mol. The minimum absolute atomic E-state index is 0.